The molecule has 2 aliphatic heterocycles. The van der Waals surface area contributed by atoms with Gasteiger partial charge in [-0.25, -0.2) is 9.79 Å². The number of allylic oxidation sites excluding steroid dienone is 1. The van der Waals surface area contributed by atoms with E-state index in [1.165, 1.54) is 18.9 Å². The third kappa shape index (κ3) is 4.38. The SMILES string of the molecule is COCCOC(=O)C1=C(C)N=C2SC(C)C(=O)N2C1C=Cc1ccccc1OC. The number of esters is 1. The Balaban J connectivity index is 1.98. The predicted octanol–water partition coefficient (Wildman–Crippen LogP) is 2.87. The number of benzene rings is 1. The molecular formula is C21H24N2O5S. The first-order valence-corrected chi connectivity index (χ1v) is 10.1. The lowest BCUT2D eigenvalue weighted by atomic mass is 10.00. The smallest absolute Gasteiger partial charge is 0.338 e. The van der Waals surface area contributed by atoms with Crippen LogP contribution in [0.15, 0.2) is 46.6 Å². The Morgan fingerprint density at radius 2 is 2.03 bits per heavy atom. The number of carbonyl (C=O) groups excluding carboxylic acids is 2. The zero-order chi connectivity index (χ0) is 21.0. The Morgan fingerprint density at radius 1 is 1.28 bits per heavy atom. The first-order valence-electron chi connectivity index (χ1n) is 9.24. The zero-order valence-electron chi connectivity index (χ0n) is 16.9. The van der Waals surface area contributed by atoms with Gasteiger partial charge in [0.25, 0.3) is 0 Å². The number of para-hydroxylation sites is 1. The number of fused-ring (bicyclic) bond motifs is 1. The minimum atomic E-state index is -0.604. The maximum Gasteiger partial charge on any atom is 0.338 e. The highest BCUT2D eigenvalue weighted by Crippen LogP contribution is 2.37. The summed E-state index contributed by atoms with van der Waals surface area (Å²) in [6.45, 7) is 4.02. The summed E-state index contributed by atoms with van der Waals surface area (Å²) in [5.74, 6) is 0.112. The summed E-state index contributed by atoms with van der Waals surface area (Å²) in [7, 11) is 3.14. The minimum Gasteiger partial charge on any atom is -0.496 e. The molecule has 154 valence electrons. The fourth-order valence-corrected chi connectivity index (χ4v) is 4.22. The molecule has 2 aliphatic rings. The van der Waals surface area contributed by atoms with Crippen molar-refractivity contribution in [3.63, 3.8) is 0 Å². The van der Waals surface area contributed by atoms with E-state index in [0.717, 1.165) is 5.56 Å². The third-order valence-electron chi connectivity index (χ3n) is 4.64. The van der Waals surface area contributed by atoms with Crippen molar-refractivity contribution in [1.29, 1.82) is 0 Å². The quantitative estimate of drug-likeness (QED) is 0.502. The molecule has 0 radical (unpaired) electrons. The summed E-state index contributed by atoms with van der Waals surface area (Å²) in [4.78, 5) is 31.6. The maximum absolute atomic E-state index is 12.8. The van der Waals surface area contributed by atoms with E-state index in [9.17, 15) is 9.59 Å². The van der Waals surface area contributed by atoms with E-state index in [1.807, 2.05) is 43.3 Å². The number of thioether (sulfide) groups is 1. The second kappa shape index (κ2) is 9.28. The van der Waals surface area contributed by atoms with Crippen LogP contribution < -0.4 is 4.74 Å². The minimum absolute atomic E-state index is 0.0851. The third-order valence-corrected chi connectivity index (χ3v) is 5.69. The van der Waals surface area contributed by atoms with E-state index < -0.39 is 12.0 Å². The second-order valence-electron chi connectivity index (χ2n) is 6.54. The van der Waals surface area contributed by atoms with Crippen LogP contribution >= 0.6 is 11.8 Å². The molecule has 2 atom stereocenters. The van der Waals surface area contributed by atoms with Crippen molar-refractivity contribution in [3.05, 3.63) is 47.2 Å². The fraction of sp³-hybridized carbons (Fsp3) is 0.381. The summed E-state index contributed by atoms with van der Waals surface area (Å²) >= 11 is 1.39. The number of carbonyl (C=O) groups is 2. The molecule has 0 aliphatic carbocycles. The Hall–Kier alpha value is -2.58. The molecule has 3 rings (SSSR count). The van der Waals surface area contributed by atoms with Crippen molar-refractivity contribution in [2.75, 3.05) is 27.4 Å². The average Bonchev–Trinajstić information content (AvgIpc) is 2.99. The molecular weight excluding hydrogens is 392 g/mol. The van der Waals surface area contributed by atoms with Gasteiger partial charge in [0.15, 0.2) is 5.17 Å². The van der Waals surface area contributed by atoms with Gasteiger partial charge in [0.1, 0.15) is 12.4 Å². The molecule has 1 amide bonds. The summed E-state index contributed by atoms with van der Waals surface area (Å²) in [5.41, 5.74) is 1.73. The first-order chi connectivity index (χ1) is 14.0. The molecule has 0 spiro atoms. The lowest BCUT2D eigenvalue weighted by molar-refractivity contribution is -0.141. The highest BCUT2D eigenvalue weighted by molar-refractivity contribution is 8.15. The average molecular weight is 416 g/mol. The predicted molar refractivity (Wildman–Crippen MR) is 113 cm³/mol. The van der Waals surface area contributed by atoms with Crippen LogP contribution in [0.25, 0.3) is 6.08 Å². The van der Waals surface area contributed by atoms with Gasteiger partial charge < -0.3 is 14.2 Å². The first kappa shape index (κ1) is 21.1. The fourth-order valence-electron chi connectivity index (χ4n) is 3.18. The summed E-state index contributed by atoms with van der Waals surface area (Å²) < 4.78 is 15.7. The number of aliphatic imine (C=N–C) groups is 1. The molecule has 2 heterocycles. The standard InChI is InChI=1S/C21H24N2O5S/c1-13-18(20(25)28-12-11-26-3)16(23-19(24)14(2)29-21(23)22-13)10-9-15-7-5-6-8-17(15)27-4/h5-10,14,16H,11-12H2,1-4H3. The Morgan fingerprint density at radius 3 is 2.76 bits per heavy atom. The molecule has 29 heavy (non-hydrogen) atoms. The van der Waals surface area contributed by atoms with Crippen molar-refractivity contribution in [3.8, 4) is 5.75 Å². The number of amidine groups is 1. The Bertz CT molecular complexity index is 893. The van der Waals surface area contributed by atoms with Gasteiger partial charge in [-0.1, -0.05) is 42.1 Å². The number of hydrogen-bond donors (Lipinski definition) is 0. The van der Waals surface area contributed by atoms with Crippen LogP contribution in [0.5, 0.6) is 5.75 Å². The van der Waals surface area contributed by atoms with Crippen molar-refractivity contribution in [2.24, 2.45) is 4.99 Å². The number of rotatable bonds is 7. The highest BCUT2D eigenvalue weighted by atomic mass is 32.2. The van der Waals surface area contributed by atoms with Gasteiger partial charge in [-0.15, -0.1) is 0 Å². The van der Waals surface area contributed by atoms with Crippen LogP contribution in [0.3, 0.4) is 0 Å². The monoisotopic (exact) mass is 416 g/mol. The molecule has 1 aromatic carbocycles. The van der Waals surface area contributed by atoms with Gasteiger partial charge in [0.2, 0.25) is 5.91 Å². The Labute approximate surface area is 174 Å². The van der Waals surface area contributed by atoms with Crippen LogP contribution in [0, 0.1) is 0 Å². The van der Waals surface area contributed by atoms with Crippen LogP contribution in [-0.2, 0) is 19.1 Å². The van der Waals surface area contributed by atoms with Crippen molar-refractivity contribution in [1.82, 2.24) is 4.90 Å². The van der Waals surface area contributed by atoms with E-state index >= 15 is 0 Å². The lowest BCUT2D eigenvalue weighted by Gasteiger charge is -2.30. The number of amides is 1. The van der Waals surface area contributed by atoms with Gasteiger partial charge in [-0.3, -0.25) is 9.69 Å². The van der Waals surface area contributed by atoms with Crippen molar-refractivity contribution < 1.29 is 23.8 Å². The summed E-state index contributed by atoms with van der Waals surface area (Å²) in [5, 5.41) is 0.343. The van der Waals surface area contributed by atoms with Crippen LogP contribution in [0.2, 0.25) is 0 Å². The molecule has 1 aromatic rings. The number of ether oxygens (including phenoxy) is 3. The largest absolute Gasteiger partial charge is 0.496 e. The van der Waals surface area contributed by atoms with Gasteiger partial charge in [0, 0.05) is 12.7 Å². The normalized spacial score (nSPS) is 21.4. The summed E-state index contributed by atoms with van der Waals surface area (Å²) in [6.07, 6.45) is 3.67. The van der Waals surface area contributed by atoms with Crippen LogP contribution in [0.1, 0.15) is 19.4 Å². The van der Waals surface area contributed by atoms with Crippen LogP contribution in [0.4, 0.5) is 0 Å². The topological polar surface area (TPSA) is 77.4 Å². The van der Waals surface area contributed by atoms with E-state index in [2.05, 4.69) is 4.99 Å². The number of hydrogen-bond acceptors (Lipinski definition) is 7. The molecule has 2 unspecified atom stereocenters. The maximum atomic E-state index is 12.8. The molecule has 0 bridgehead atoms. The molecule has 0 saturated carbocycles. The molecule has 1 saturated heterocycles. The van der Waals surface area contributed by atoms with Crippen molar-refractivity contribution in [2.45, 2.75) is 25.1 Å². The van der Waals surface area contributed by atoms with E-state index in [4.69, 9.17) is 14.2 Å². The van der Waals surface area contributed by atoms with E-state index in [-0.39, 0.29) is 17.8 Å². The molecule has 0 aromatic heterocycles. The summed E-state index contributed by atoms with van der Waals surface area (Å²) in [6, 6.07) is 6.94. The highest BCUT2D eigenvalue weighted by Gasteiger charge is 2.44. The van der Waals surface area contributed by atoms with Crippen LogP contribution in [-0.4, -0.2) is 60.7 Å². The molecule has 8 heteroatoms. The van der Waals surface area contributed by atoms with E-state index in [1.54, 1.807) is 18.9 Å². The van der Waals surface area contributed by atoms with E-state index in [0.29, 0.717) is 28.8 Å². The van der Waals surface area contributed by atoms with Gasteiger partial charge in [-0.05, 0) is 19.9 Å². The number of nitrogens with zero attached hydrogens (tertiary/aromatic N) is 2. The second-order valence-corrected chi connectivity index (χ2v) is 7.84. The lowest BCUT2D eigenvalue weighted by Crippen LogP contribution is -2.45. The van der Waals surface area contributed by atoms with Gasteiger partial charge in [-0.2, -0.15) is 0 Å². The van der Waals surface area contributed by atoms with Crippen molar-refractivity contribution >= 4 is 34.9 Å². The number of methoxy groups -OCH3 is 2. The van der Waals surface area contributed by atoms with Gasteiger partial charge >= 0.3 is 5.97 Å². The Kier molecular flexibility index (Phi) is 6.76. The molecule has 1 fully saturated rings. The zero-order valence-corrected chi connectivity index (χ0v) is 17.7. The van der Waals surface area contributed by atoms with Gasteiger partial charge in [0.05, 0.1) is 36.3 Å². The molecule has 7 nitrogen and oxygen atoms in total. The molecule has 0 N–H and O–H groups in total.